The van der Waals surface area contributed by atoms with E-state index in [-0.39, 0.29) is 11.3 Å². The second-order valence-electron chi connectivity index (χ2n) is 4.62. The number of hydrogen-bond donors (Lipinski definition) is 2. The number of halogens is 3. The Balaban J connectivity index is 2.16. The molecule has 2 aromatic rings. The van der Waals surface area contributed by atoms with Crippen molar-refractivity contribution < 1.29 is 23.2 Å². The van der Waals surface area contributed by atoms with E-state index >= 15 is 0 Å². The van der Waals surface area contributed by atoms with Gasteiger partial charge in [0.15, 0.2) is 0 Å². The number of amides is 1. The third-order valence-electron chi connectivity index (χ3n) is 3.00. The molecule has 8 heteroatoms. The first-order chi connectivity index (χ1) is 11.4. The minimum Gasteiger partial charge on any atom is -0.411 e. The van der Waals surface area contributed by atoms with Gasteiger partial charge in [-0.3, -0.25) is 4.79 Å². The number of benzene rings is 2. The van der Waals surface area contributed by atoms with Crippen molar-refractivity contribution in [3.63, 3.8) is 0 Å². The van der Waals surface area contributed by atoms with Gasteiger partial charge in [-0.05, 0) is 24.3 Å². The second kappa shape index (κ2) is 7.40. The van der Waals surface area contributed by atoms with E-state index in [1.807, 2.05) is 0 Å². The number of nitrogens with zero attached hydrogens (tertiary/aromatic N) is 2. The molecular formula is C16H12F3N3O2. The summed E-state index contributed by atoms with van der Waals surface area (Å²) in [6.45, 7) is 0. The molecule has 0 aliphatic heterocycles. The van der Waals surface area contributed by atoms with Crippen molar-refractivity contribution in [2.24, 2.45) is 10.3 Å². The van der Waals surface area contributed by atoms with Crippen LogP contribution in [0.2, 0.25) is 0 Å². The van der Waals surface area contributed by atoms with Gasteiger partial charge in [0.05, 0.1) is 11.8 Å². The Morgan fingerprint density at radius 2 is 1.62 bits per heavy atom. The van der Waals surface area contributed by atoms with Crippen LogP contribution in [0.15, 0.2) is 64.9 Å². The molecule has 0 fully saturated rings. The van der Waals surface area contributed by atoms with Crippen molar-refractivity contribution in [3.8, 4) is 0 Å². The van der Waals surface area contributed by atoms with E-state index in [1.165, 1.54) is 0 Å². The fourth-order valence-corrected chi connectivity index (χ4v) is 1.82. The zero-order valence-corrected chi connectivity index (χ0v) is 12.2. The van der Waals surface area contributed by atoms with Crippen LogP contribution in [0.4, 0.5) is 13.2 Å². The fourth-order valence-electron chi connectivity index (χ4n) is 1.82. The van der Waals surface area contributed by atoms with Gasteiger partial charge in [-0.2, -0.15) is 18.3 Å². The predicted octanol–water partition coefficient (Wildman–Crippen LogP) is 3.30. The summed E-state index contributed by atoms with van der Waals surface area (Å²) < 4.78 is 37.5. The van der Waals surface area contributed by atoms with E-state index < -0.39 is 17.6 Å². The Morgan fingerprint density at radius 3 is 2.17 bits per heavy atom. The molecule has 0 aliphatic carbocycles. The molecular weight excluding hydrogens is 323 g/mol. The van der Waals surface area contributed by atoms with Crippen molar-refractivity contribution in [1.29, 1.82) is 0 Å². The van der Waals surface area contributed by atoms with Crippen molar-refractivity contribution in [2.45, 2.75) is 6.18 Å². The molecule has 1 amide bonds. The van der Waals surface area contributed by atoms with Gasteiger partial charge in [0, 0.05) is 11.1 Å². The minimum absolute atomic E-state index is 0.0140. The standard InChI is InChI=1S/C16H12F3N3O2/c17-16(18,19)13-8-6-12(7-9-13)15(23)22-21-14(10-20-24)11-4-2-1-3-5-11/h1-10,24H,(H,22,23). The SMILES string of the molecule is O=C(NN=C(C=NO)c1ccccc1)c1ccc(C(F)(F)F)cc1. The normalized spacial score (nSPS) is 12.4. The average Bonchev–Trinajstić information content (AvgIpc) is 2.58. The average molecular weight is 335 g/mol. The molecule has 0 atom stereocenters. The summed E-state index contributed by atoms with van der Waals surface area (Å²) in [4.78, 5) is 11.9. The highest BCUT2D eigenvalue weighted by Gasteiger charge is 2.30. The molecule has 0 aromatic heterocycles. The molecule has 0 spiro atoms. The number of nitrogens with one attached hydrogen (secondary N) is 1. The first-order valence-electron chi connectivity index (χ1n) is 6.70. The molecule has 5 nitrogen and oxygen atoms in total. The van der Waals surface area contributed by atoms with Crippen LogP contribution >= 0.6 is 0 Å². The maximum absolute atomic E-state index is 12.5. The van der Waals surface area contributed by atoms with Crippen LogP contribution in [0.5, 0.6) is 0 Å². The first kappa shape index (κ1) is 17.2. The highest BCUT2D eigenvalue weighted by atomic mass is 19.4. The fraction of sp³-hybridized carbons (Fsp3) is 0.0625. The van der Waals surface area contributed by atoms with Crippen molar-refractivity contribution in [2.75, 3.05) is 0 Å². The summed E-state index contributed by atoms with van der Waals surface area (Å²) in [5.74, 6) is -0.691. The van der Waals surface area contributed by atoms with Crippen molar-refractivity contribution in [3.05, 3.63) is 71.3 Å². The van der Waals surface area contributed by atoms with Crippen LogP contribution in [0.25, 0.3) is 0 Å². The maximum atomic E-state index is 12.5. The quantitative estimate of drug-likeness (QED) is 0.511. The monoisotopic (exact) mass is 335 g/mol. The van der Waals surface area contributed by atoms with E-state index in [2.05, 4.69) is 15.7 Å². The molecule has 2 aromatic carbocycles. The molecule has 2 N–H and O–H groups in total. The van der Waals surface area contributed by atoms with Gasteiger partial charge in [-0.1, -0.05) is 35.5 Å². The van der Waals surface area contributed by atoms with Crippen molar-refractivity contribution >= 4 is 17.8 Å². The van der Waals surface area contributed by atoms with Gasteiger partial charge in [-0.25, -0.2) is 5.43 Å². The van der Waals surface area contributed by atoms with Crippen LogP contribution in [-0.2, 0) is 6.18 Å². The summed E-state index contributed by atoms with van der Waals surface area (Å²) in [5, 5.41) is 15.3. The van der Waals surface area contributed by atoms with Gasteiger partial charge in [0.2, 0.25) is 0 Å². The topological polar surface area (TPSA) is 74.0 Å². The van der Waals surface area contributed by atoms with Gasteiger partial charge in [0.1, 0.15) is 5.71 Å². The van der Waals surface area contributed by atoms with Crippen molar-refractivity contribution in [1.82, 2.24) is 5.43 Å². The molecule has 24 heavy (non-hydrogen) atoms. The number of alkyl halides is 3. The highest BCUT2D eigenvalue weighted by molar-refractivity contribution is 6.38. The minimum atomic E-state index is -4.47. The smallest absolute Gasteiger partial charge is 0.411 e. The molecule has 0 unspecified atom stereocenters. The van der Waals surface area contributed by atoms with E-state index in [0.717, 1.165) is 30.5 Å². The summed E-state index contributed by atoms with van der Waals surface area (Å²) in [7, 11) is 0. The summed E-state index contributed by atoms with van der Waals surface area (Å²) in [5.41, 5.74) is 2.14. The zero-order chi connectivity index (χ0) is 17.6. The van der Waals surface area contributed by atoms with Gasteiger partial charge in [0.25, 0.3) is 5.91 Å². The number of hydrogen-bond acceptors (Lipinski definition) is 4. The van der Waals surface area contributed by atoms with Crippen LogP contribution in [0, 0.1) is 0 Å². The van der Waals surface area contributed by atoms with Crippen LogP contribution in [0.3, 0.4) is 0 Å². The Morgan fingerprint density at radius 1 is 1.00 bits per heavy atom. The summed E-state index contributed by atoms with van der Waals surface area (Å²) >= 11 is 0. The third kappa shape index (κ3) is 4.42. The maximum Gasteiger partial charge on any atom is 0.416 e. The van der Waals surface area contributed by atoms with E-state index in [0.29, 0.717) is 5.56 Å². The lowest BCUT2D eigenvalue weighted by atomic mass is 10.1. The van der Waals surface area contributed by atoms with E-state index in [9.17, 15) is 18.0 Å². The summed E-state index contributed by atoms with van der Waals surface area (Å²) in [6.07, 6.45) is -3.44. The molecule has 0 aliphatic rings. The number of oxime groups is 1. The first-order valence-corrected chi connectivity index (χ1v) is 6.70. The zero-order valence-electron chi connectivity index (χ0n) is 12.2. The number of hydrazone groups is 1. The van der Waals surface area contributed by atoms with Gasteiger partial charge in [-0.15, -0.1) is 0 Å². The van der Waals surface area contributed by atoms with Gasteiger partial charge < -0.3 is 5.21 Å². The lowest BCUT2D eigenvalue weighted by Gasteiger charge is -2.07. The number of carbonyl (C=O) groups is 1. The van der Waals surface area contributed by atoms with Crippen LogP contribution < -0.4 is 5.43 Å². The van der Waals surface area contributed by atoms with Crippen LogP contribution in [-0.4, -0.2) is 23.0 Å². The number of carbonyl (C=O) groups excluding carboxylic acids is 1. The molecule has 0 saturated heterocycles. The molecule has 2 rings (SSSR count). The van der Waals surface area contributed by atoms with Crippen LogP contribution in [0.1, 0.15) is 21.5 Å². The highest BCUT2D eigenvalue weighted by Crippen LogP contribution is 2.29. The Hall–Kier alpha value is -3.16. The molecule has 124 valence electrons. The lowest BCUT2D eigenvalue weighted by Crippen LogP contribution is -2.21. The largest absolute Gasteiger partial charge is 0.416 e. The second-order valence-corrected chi connectivity index (χ2v) is 4.62. The molecule has 0 radical (unpaired) electrons. The summed E-state index contributed by atoms with van der Waals surface area (Å²) in [6, 6.07) is 12.3. The molecule has 0 saturated carbocycles. The lowest BCUT2D eigenvalue weighted by molar-refractivity contribution is -0.137. The molecule has 0 bridgehead atoms. The Labute approximate surface area is 135 Å². The predicted molar refractivity (Wildman–Crippen MR) is 82.2 cm³/mol. The number of rotatable bonds is 4. The Bertz CT molecular complexity index is 754. The molecule has 0 heterocycles. The van der Waals surface area contributed by atoms with Gasteiger partial charge >= 0.3 is 6.18 Å². The van der Waals surface area contributed by atoms with E-state index in [4.69, 9.17) is 5.21 Å². The third-order valence-corrected chi connectivity index (χ3v) is 3.00. The van der Waals surface area contributed by atoms with E-state index in [1.54, 1.807) is 30.3 Å². The Kier molecular flexibility index (Phi) is 5.31.